The van der Waals surface area contributed by atoms with E-state index < -0.39 is 21.9 Å². The summed E-state index contributed by atoms with van der Waals surface area (Å²) in [7, 11) is -2.35. The van der Waals surface area contributed by atoms with E-state index in [2.05, 4.69) is 4.72 Å². The molecule has 0 fully saturated rings. The molecule has 1 unspecified atom stereocenters. The van der Waals surface area contributed by atoms with E-state index in [4.69, 9.17) is 16.3 Å². The monoisotopic (exact) mass is 343 g/mol. The Labute approximate surface area is 133 Å². The van der Waals surface area contributed by atoms with E-state index in [1.54, 1.807) is 13.0 Å². The topological polar surface area (TPSA) is 55.4 Å². The number of sulfonamides is 1. The van der Waals surface area contributed by atoms with Crippen LogP contribution in [0.5, 0.6) is 5.75 Å². The van der Waals surface area contributed by atoms with Gasteiger partial charge in [0.05, 0.1) is 12.0 Å². The first-order valence-electron chi connectivity index (χ1n) is 6.45. The fraction of sp³-hybridized carbons (Fsp3) is 0.200. The molecule has 0 aromatic heterocycles. The van der Waals surface area contributed by atoms with Crippen molar-refractivity contribution in [1.82, 2.24) is 4.72 Å². The Hall–Kier alpha value is -1.63. The van der Waals surface area contributed by atoms with Crippen molar-refractivity contribution in [1.29, 1.82) is 0 Å². The van der Waals surface area contributed by atoms with Crippen LogP contribution in [-0.4, -0.2) is 15.5 Å². The highest BCUT2D eigenvalue weighted by Gasteiger charge is 2.19. The van der Waals surface area contributed by atoms with Gasteiger partial charge in [0.2, 0.25) is 10.0 Å². The van der Waals surface area contributed by atoms with E-state index in [1.807, 2.05) is 0 Å². The summed E-state index contributed by atoms with van der Waals surface area (Å²) in [4.78, 5) is 0.0951. The standard InChI is InChI=1S/C15H15ClFNO3S/c1-10(11-3-8-15(21-2)14(17)9-11)18-22(19,20)13-6-4-12(16)5-7-13/h3-10,18H,1-2H3. The van der Waals surface area contributed by atoms with Crippen LogP contribution in [0.4, 0.5) is 4.39 Å². The van der Waals surface area contributed by atoms with E-state index in [0.717, 1.165) is 0 Å². The maximum Gasteiger partial charge on any atom is 0.241 e. The van der Waals surface area contributed by atoms with Crippen LogP contribution in [0.1, 0.15) is 18.5 Å². The molecule has 2 aromatic carbocycles. The number of hydrogen-bond donors (Lipinski definition) is 1. The van der Waals surface area contributed by atoms with Crippen molar-refractivity contribution >= 4 is 21.6 Å². The molecule has 0 radical (unpaired) electrons. The molecule has 1 atom stereocenters. The molecule has 0 aliphatic rings. The third-order valence-corrected chi connectivity index (χ3v) is 4.94. The van der Waals surface area contributed by atoms with Crippen LogP contribution in [-0.2, 0) is 10.0 Å². The van der Waals surface area contributed by atoms with Crippen LogP contribution in [0.3, 0.4) is 0 Å². The lowest BCUT2D eigenvalue weighted by atomic mass is 10.1. The number of hydrogen-bond acceptors (Lipinski definition) is 3. The van der Waals surface area contributed by atoms with Crippen molar-refractivity contribution in [2.75, 3.05) is 7.11 Å². The van der Waals surface area contributed by atoms with Gasteiger partial charge in [-0.15, -0.1) is 0 Å². The summed E-state index contributed by atoms with van der Waals surface area (Å²) >= 11 is 5.74. The zero-order chi connectivity index (χ0) is 16.3. The van der Waals surface area contributed by atoms with Crippen LogP contribution in [0.25, 0.3) is 0 Å². The molecular formula is C15H15ClFNO3S. The van der Waals surface area contributed by atoms with Crippen LogP contribution in [0, 0.1) is 5.82 Å². The molecule has 118 valence electrons. The Morgan fingerprint density at radius 3 is 2.36 bits per heavy atom. The predicted molar refractivity (Wildman–Crippen MR) is 83.1 cm³/mol. The van der Waals surface area contributed by atoms with Crippen molar-refractivity contribution in [3.63, 3.8) is 0 Å². The zero-order valence-corrected chi connectivity index (χ0v) is 13.6. The van der Waals surface area contributed by atoms with Crippen molar-refractivity contribution in [3.05, 3.63) is 58.9 Å². The molecule has 0 heterocycles. The molecule has 7 heteroatoms. The summed E-state index contributed by atoms with van der Waals surface area (Å²) in [5.41, 5.74) is 0.496. The number of halogens is 2. The van der Waals surface area contributed by atoms with Crippen LogP contribution >= 0.6 is 11.6 Å². The smallest absolute Gasteiger partial charge is 0.241 e. The van der Waals surface area contributed by atoms with E-state index in [9.17, 15) is 12.8 Å². The normalized spacial score (nSPS) is 12.9. The average Bonchev–Trinajstić information content (AvgIpc) is 2.47. The van der Waals surface area contributed by atoms with Gasteiger partial charge in [0.15, 0.2) is 11.6 Å². The van der Waals surface area contributed by atoms with Gasteiger partial charge in [0.25, 0.3) is 0 Å². The third-order valence-electron chi connectivity index (χ3n) is 3.13. The highest BCUT2D eigenvalue weighted by Crippen LogP contribution is 2.23. The number of benzene rings is 2. The number of rotatable bonds is 5. The van der Waals surface area contributed by atoms with Crippen LogP contribution < -0.4 is 9.46 Å². The predicted octanol–water partition coefficient (Wildman–Crippen LogP) is 3.53. The highest BCUT2D eigenvalue weighted by atomic mass is 35.5. The Balaban J connectivity index is 2.22. The maximum absolute atomic E-state index is 13.7. The Morgan fingerprint density at radius 1 is 1.18 bits per heavy atom. The largest absolute Gasteiger partial charge is 0.494 e. The van der Waals surface area contributed by atoms with Gasteiger partial charge in [-0.05, 0) is 48.9 Å². The van der Waals surface area contributed by atoms with Crippen molar-refractivity contribution < 1.29 is 17.5 Å². The minimum absolute atomic E-state index is 0.0951. The Bertz CT molecular complexity index is 763. The molecule has 0 spiro atoms. The second-order valence-corrected chi connectivity index (χ2v) is 6.84. The molecule has 2 aromatic rings. The summed E-state index contributed by atoms with van der Waals surface area (Å²) in [6.07, 6.45) is 0. The highest BCUT2D eigenvalue weighted by molar-refractivity contribution is 7.89. The lowest BCUT2D eigenvalue weighted by Gasteiger charge is -2.15. The fourth-order valence-corrected chi connectivity index (χ4v) is 3.29. The van der Waals surface area contributed by atoms with Crippen molar-refractivity contribution in [3.8, 4) is 5.75 Å². The quantitative estimate of drug-likeness (QED) is 0.903. The minimum Gasteiger partial charge on any atom is -0.494 e. The molecule has 0 aliphatic carbocycles. The van der Waals surface area contributed by atoms with Gasteiger partial charge in [0, 0.05) is 11.1 Å². The Kier molecular flexibility index (Phi) is 5.05. The molecule has 22 heavy (non-hydrogen) atoms. The van der Waals surface area contributed by atoms with Gasteiger partial charge < -0.3 is 4.74 Å². The fourth-order valence-electron chi connectivity index (χ4n) is 1.93. The summed E-state index contributed by atoms with van der Waals surface area (Å²) in [5.74, 6) is -0.436. The van der Waals surface area contributed by atoms with Crippen LogP contribution in [0.2, 0.25) is 5.02 Å². The molecule has 2 rings (SSSR count). The van der Waals surface area contributed by atoms with E-state index in [-0.39, 0.29) is 10.6 Å². The first-order valence-corrected chi connectivity index (χ1v) is 8.31. The molecular weight excluding hydrogens is 329 g/mol. The molecule has 0 saturated heterocycles. The average molecular weight is 344 g/mol. The van der Waals surface area contributed by atoms with Gasteiger partial charge >= 0.3 is 0 Å². The second-order valence-electron chi connectivity index (χ2n) is 4.69. The van der Waals surface area contributed by atoms with E-state index in [1.165, 1.54) is 43.5 Å². The van der Waals surface area contributed by atoms with Gasteiger partial charge in [0.1, 0.15) is 0 Å². The van der Waals surface area contributed by atoms with Crippen molar-refractivity contribution in [2.24, 2.45) is 0 Å². The molecule has 0 amide bonds. The summed E-state index contributed by atoms with van der Waals surface area (Å²) in [6.45, 7) is 1.63. The van der Waals surface area contributed by atoms with Gasteiger partial charge in [-0.3, -0.25) is 0 Å². The lowest BCUT2D eigenvalue weighted by molar-refractivity contribution is 0.386. The second kappa shape index (κ2) is 6.64. The molecule has 0 saturated carbocycles. The van der Waals surface area contributed by atoms with Gasteiger partial charge in [-0.1, -0.05) is 17.7 Å². The van der Waals surface area contributed by atoms with Crippen molar-refractivity contribution in [2.45, 2.75) is 17.9 Å². The first kappa shape index (κ1) is 16.7. The number of methoxy groups -OCH3 is 1. The summed E-state index contributed by atoms with van der Waals surface area (Å²) < 4.78 is 45.5. The minimum atomic E-state index is -3.72. The zero-order valence-electron chi connectivity index (χ0n) is 12.0. The molecule has 0 bridgehead atoms. The number of nitrogens with one attached hydrogen (secondary N) is 1. The third kappa shape index (κ3) is 3.76. The Morgan fingerprint density at radius 2 is 1.82 bits per heavy atom. The maximum atomic E-state index is 13.7. The van der Waals surface area contributed by atoms with E-state index >= 15 is 0 Å². The van der Waals surface area contributed by atoms with Gasteiger partial charge in [-0.2, -0.15) is 0 Å². The van der Waals surface area contributed by atoms with E-state index in [0.29, 0.717) is 10.6 Å². The summed E-state index contributed by atoms with van der Waals surface area (Å²) in [5, 5.41) is 0.448. The first-order chi connectivity index (χ1) is 10.3. The molecule has 4 nitrogen and oxygen atoms in total. The SMILES string of the molecule is COc1ccc(C(C)NS(=O)(=O)c2ccc(Cl)cc2)cc1F. The number of ether oxygens (including phenoxy) is 1. The lowest BCUT2D eigenvalue weighted by Crippen LogP contribution is -2.26. The van der Waals surface area contributed by atoms with Crippen LogP contribution in [0.15, 0.2) is 47.4 Å². The summed E-state index contributed by atoms with van der Waals surface area (Å²) in [6, 6.07) is 9.52. The molecule has 1 N–H and O–H groups in total. The van der Waals surface area contributed by atoms with Gasteiger partial charge in [-0.25, -0.2) is 17.5 Å². The molecule has 0 aliphatic heterocycles.